The molecule has 29 heavy (non-hydrogen) atoms. The van der Waals surface area contributed by atoms with Gasteiger partial charge < -0.3 is 20.7 Å². The van der Waals surface area contributed by atoms with Crippen LogP contribution in [0, 0.1) is 5.41 Å². The van der Waals surface area contributed by atoms with Crippen molar-refractivity contribution in [2.24, 2.45) is 5.41 Å². The summed E-state index contributed by atoms with van der Waals surface area (Å²) >= 11 is 0. The van der Waals surface area contributed by atoms with Crippen molar-refractivity contribution in [3.05, 3.63) is 18.3 Å². The second-order valence-corrected chi connectivity index (χ2v) is 10.6. The number of anilines is 2. The van der Waals surface area contributed by atoms with E-state index in [9.17, 15) is 4.79 Å². The molecule has 2 heterocycles. The van der Waals surface area contributed by atoms with Crippen LogP contribution >= 0.6 is 0 Å². The molecule has 1 aromatic carbocycles. The van der Waals surface area contributed by atoms with Crippen LogP contribution < -0.4 is 16.0 Å². The van der Waals surface area contributed by atoms with Gasteiger partial charge in [-0.1, -0.05) is 0 Å². The number of carbonyl (C=O) groups excluding carboxylic acids is 1. The summed E-state index contributed by atoms with van der Waals surface area (Å²) in [7, 11) is 0. The first kappa shape index (κ1) is 19.9. The molecule has 7 heteroatoms. The van der Waals surface area contributed by atoms with Gasteiger partial charge in [-0.25, -0.2) is 4.79 Å². The van der Waals surface area contributed by atoms with Crippen LogP contribution in [0.15, 0.2) is 18.3 Å². The number of hydrogen-bond acceptors (Lipinski definition) is 5. The van der Waals surface area contributed by atoms with E-state index in [1.807, 2.05) is 43.8 Å². The Kier molecular flexibility index (Phi) is 4.30. The van der Waals surface area contributed by atoms with Crippen LogP contribution in [0.5, 0.6) is 0 Å². The summed E-state index contributed by atoms with van der Waals surface area (Å²) < 4.78 is 7.54. The van der Waals surface area contributed by atoms with Gasteiger partial charge in [0.2, 0.25) is 0 Å². The van der Waals surface area contributed by atoms with Gasteiger partial charge in [0.25, 0.3) is 0 Å². The van der Waals surface area contributed by atoms with E-state index in [2.05, 4.69) is 36.1 Å². The quantitative estimate of drug-likeness (QED) is 0.749. The Morgan fingerprint density at radius 3 is 2.52 bits per heavy atom. The Bertz CT molecular complexity index is 946. The molecule has 2 fully saturated rings. The van der Waals surface area contributed by atoms with Gasteiger partial charge in [-0.05, 0) is 66.5 Å². The molecular formula is C22H33N5O2. The smallest absolute Gasteiger partial charge is 0.407 e. The highest BCUT2D eigenvalue weighted by Gasteiger charge is 2.56. The maximum absolute atomic E-state index is 12.4. The molecular weight excluding hydrogens is 366 g/mol. The van der Waals surface area contributed by atoms with Crippen molar-refractivity contribution < 1.29 is 9.53 Å². The number of nitrogens with two attached hydrogens (primary N) is 1. The Hall–Kier alpha value is -2.44. The lowest BCUT2D eigenvalue weighted by molar-refractivity contribution is 0.0493. The minimum atomic E-state index is -0.503. The molecule has 4 rings (SSSR count). The maximum atomic E-state index is 12.4. The molecule has 3 N–H and O–H groups in total. The summed E-state index contributed by atoms with van der Waals surface area (Å²) in [5.41, 5.74) is 8.79. The van der Waals surface area contributed by atoms with E-state index in [1.165, 1.54) is 0 Å². The van der Waals surface area contributed by atoms with Crippen LogP contribution in [0.2, 0.25) is 0 Å². The minimum absolute atomic E-state index is 0.0599. The highest BCUT2D eigenvalue weighted by atomic mass is 16.6. The molecule has 158 valence electrons. The number of rotatable bonds is 2. The van der Waals surface area contributed by atoms with Crippen LogP contribution in [0.3, 0.4) is 0 Å². The first-order valence-electron chi connectivity index (χ1n) is 10.4. The Labute approximate surface area is 172 Å². The van der Waals surface area contributed by atoms with Gasteiger partial charge >= 0.3 is 6.09 Å². The predicted molar refractivity (Wildman–Crippen MR) is 116 cm³/mol. The zero-order valence-corrected chi connectivity index (χ0v) is 18.4. The second-order valence-electron chi connectivity index (χ2n) is 10.6. The van der Waals surface area contributed by atoms with E-state index >= 15 is 0 Å². The highest BCUT2D eigenvalue weighted by molar-refractivity contribution is 5.98. The molecule has 0 radical (unpaired) electrons. The zero-order chi connectivity index (χ0) is 21.2. The molecule has 1 aliphatic heterocycles. The molecule has 1 spiro atoms. The number of alkyl carbamates (subject to hydrolysis) is 1. The highest BCUT2D eigenvalue weighted by Crippen LogP contribution is 2.54. The predicted octanol–water partition coefficient (Wildman–Crippen LogP) is 3.87. The average molecular weight is 400 g/mol. The van der Waals surface area contributed by atoms with Crippen molar-refractivity contribution in [3.63, 3.8) is 0 Å². The molecule has 2 aliphatic rings. The third kappa shape index (κ3) is 3.63. The normalized spacial score (nSPS) is 21.0. The summed E-state index contributed by atoms with van der Waals surface area (Å²) in [6, 6.07) is 4.08. The largest absolute Gasteiger partial charge is 0.444 e. The summed E-state index contributed by atoms with van der Waals surface area (Å²) in [6.07, 6.45) is 3.80. The summed E-state index contributed by atoms with van der Waals surface area (Å²) in [6.45, 7) is 13.7. The van der Waals surface area contributed by atoms with Crippen molar-refractivity contribution in [2.45, 2.75) is 71.6 Å². The van der Waals surface area contributed by atoms with Crippen molar-refractivity contribution in [2.75, 3.05) is 23.7 Å². The van der Waals surface area contributed by atoms with Crippen LogP contribution in [0.25, 0.3) is 10.9 Å². The second kappa shape index (κ2) is 6.28. The lowest BCUT2D eigenvalue weighted by Crippen LogP contribution is -2.44. The Morgan fingerprint density at radius 2 is 1.93 bits per heavy atom. The molecule has 1 saturated heterocycles. The van der Waals surface area contributed by atoms with E-state index < -0.39 is 5.60 Å². The Balaban J connectivity index is 1.63. The standard InChI is InChI=1S/C22H33N5O2/c1-20(2,3)27-16-8-7-15(23)18(14(16)11-24-27)26-12-17(22(13-26)9-10-22)25-19(28)29-21(4,5)6/h7-8,11,17H,9-10,12-13,23H2,1-6H3,(H,25,28)/t17-/m0/s1. The molecule has 2 aromatic rings. The molecule has 0 bridgehead atoms. The number of nitrogen functional groups attached to an aromatic ring is 1. The summed E-state index contributed by atoms with van der Waals surface area (Å²) in [5, 5.41) is 8.83. The number of amides is 1. The Morgan fingerprint density at radius 1 is 1.24 bits per heavy atom. The molecule has 7 nitrogen and oxygen atoms in total. The van der Waals surface area contributed by atoms with E-state index in [4.69, 9.17) is 10.5 Å². The van der Waals surface area contributed by atoms with E-state index in [0.29, 0.717) is 0 Å². The van der Waals surface area contributed by atoms with Crippen LogP contribution in [-0.2, 0) is 10.3 Å². The van der Waals surface area contributed by atoms with Crippen LogP contribution in [0.4, 0.5) is 16.2 Å². The monoisotopic (exact) mass is 399 g/mol. The molecule has 1 aromatic heterocycles. The maximum Gasteiger partial charge on any atom is 0.407 e. The number of aromatic nitrogens is 2. The average Bonchev–Trinajstić information content (AvgIpc) is 3.06. The van der Waals surface area contributed by atoms with Crippen molar-refractivity contribution in [3.8, 4) is 0 Å². The van der Waals surface area contributed by atoms with Gasteiger partial charge in [-0.3, -0.25) is 4.68 Å². The fourth-order valence-corrected chi connectivity index (χ4v) is 4.45. The third-order valence-corrected chi connectivity index (χ3v) is 5.94. The topological polar surface area (TPSA) is 85.4 Å². The van der Waals surface area contributed by atoms with Gasteiger partial charge in [0.05, 0.1) is 34.7 Å². The van der Waals surface area contributed by atoms with Gasteiger partial charge in [0.15, 0.2) is 0 Å². The van der Waals surface area contributed by atoms with Gasteiger partial charge in [0, 0.05) is 23.9 Å². The molecule has 1 aliphatic carbocycles. The lowest BCUT2D eigenvalue weighted by Gasteiger charge is -2.24. The van der Waals surface area contributed by atoms with E-state index in [-0.39, 0.29) is 23.1 Å². The number of nitrogens with one attached hydrogen (secondary N) is 1. The number of fused-ring (bicyclic) bond motifs is 1. The first-order chi connectivity index (χ1) is 13.4. The summed E-state index contributed by atoms with van der Waals surface area (Å²) in [4.78, 5) is 14.7. The zero-order valence-electron chi connectivity index (χ0n) is 18.4. The fourth-order valence-electron chi connectivity index (χ4n) is 4.45. The van der Waals surface area contributed by atoms with Crippen molar-refractivity contribution in [1.82, 2.24) is 15.1 Å². The third-order valence-electron chi connectivity index (χ3n) is 5.94. The minimum Gasteiger partial charge on any atom is -0.444 e. The molecule has 1 atom stereocenters. The van der Waals surface area contributed by atoms with Gasteiger partial charge in [-0.2, -0.15) is 5.10 Å². The number of carbonyl (C=O) groups is 1. The van der Waals surface area contributed by atoms with Crippen LogP contribution in [-0.4, -0.2) is 40.6 Å². The number of ether oxygens (including phenoxy) is 1. The number of benzene rings is 1. The fraction of sp³-hybridized carbons (Fsp3) is 0.636. The van der Waals surface area contributed by atoms with Crippen molar-refractivity contribution >= 4 is 28.4 Å². The SMILES string of the molecule is CC(C)(C)OC(=O)N[C@H]1CN(c2c(N)ccc3c2cnn3C(C)(C)C)CC12CC2. The van der Waals surface area contributed by atoms with Crippen molar-refractivity contribution in [1.29, 1.82) is 0 Å². The van der Waals surface area contributed by atoms with Crippen LogP contribution in [0.1, 0.15) is 54.4 Å². The van der Waals surface area contributed by atoms with E-state index in [1.54, 1.807) is 0 Å². The summed E-state index contributed by atoms with van der Waals surface area (Å²) in [5.74, 6) is 0. The molecule has 1 amide bonds. The number of hydrogen-bond donors (Lipinski definition) is 2. The first-order valence-corrected chi connectivity index (χ1v) is 10.4. The molecule has 0 unspecified atom stereocenters. The van der Waals surface area contributed by atoms with E-state index in [0.717, 1.165) is 48.2 Å². The van der Waals surface area contributed by atoms with Gasteiger partial charge in [-0.15, -0.1) is 0 Å². The molecule has 1 saturated carbocycles. The number of nitrogens with zero attached hydrogens (tertiary/aromatic N) is 3. The van der Waals surface area contributed by atoms with Gasteiger partial charge in [0.1, 0.15) is 5.60 Å². The lowest BCUT2D eigenvalue weighted by atomic mass is 10.0.